The van der Waals surface area contributed by atoms with E-state index in [1.165, 1.54) is 4.21 Å². The quantitative estimate of drug-likeness (QED) is 0.848. The fourth-order valence-electron chi connectivity index (χ4n) is 2.04. The molecule has 1 aliphatic rings. The first kappa shape index (κ1) is 12.7. The fourth-order valence-corrected chi connectivity index (χ4v) is 4.15. The minimum absolute atomic E-state index is 0.0828. The van der Waals surface area contributed by atoms with Gasteiger partial charge in [0.15, 0.2) is 0 Å². The van der Waals surface area contributed by atoms with Crippen molar-refractivity contribution in [3.8, 4) is 11.3 Å². The standard InChI is InChI=1S/C13H15N3OS2/c1-13(2,3)14-11(17)10-8-6-19-12-7(4-5-18-12)9(8)15-16-10/h4-5H,6H2,1-3H3,(H,14,17)(H,15,16). The van der Waals surface area contributed by atoms with Crippen LogP contribution < -0.4 is 5.32 Å². The number of aromatic nitrogens is 2. The average Bonchev–Trinajstić information content (AvgIpc) is 2.92. The van der Waals surface area contributed by atoms with Crippen molar-refractivity contribution in [3.63, 3.8) is 0 Å². The van der Waals surface area contributed by atoms with Crippen molar-refractivity contribution >= 4 is 29.0 Å². The molecule has 0 aromatic carbocycles. The van der Waals surface area contributed by atoms with Gasteiger partial charge < -0.3 is 5.32 Å². The zero-order valence-corrected chi connectivity index (χ0v) is 12.7. The van der Waals surface area contributed by atoms with E-state index in [4.69, 9.17) is 0 Å². The number of thioether (sulfide) groups is 1. The van der Waals surface area contributed by atoms with Gasteiger partial charge in [-0.15, -0.1) is 23.1 Å². The second-order valence-corrected chi connectivity index (χ2v) is 7.70. The minimum Gasteiger partial charge on any atom is -0.346 e. The van der Waals surface area contributed by atoms with E-state index in [1.807, 2.05) is 20.8 Å². The van der Waals surface area contributed by atoms with Crippen LogP contribution >= 0.6 is 23.1 Å². The number of thiophene rings is 1. The molecule has 0 saturated carbocycles. The van der Waals surface area contributed by atoms with Crippen LogP contribution in [0, 0.1) is 0 Å². The van der Waals surface area contributed by atoms with Crippen LogP contribution in [0.1, 0.15) is 36.8 Å². The number of hydrogen-bond acceptors (Lipinski definition) is 4. The number of fused-ring (bicyclic) bond motifs is 3. The average molecular weight is 293 g/mol. The van der Waals surface area contributed by atoms with Gasteiger partial charge >= 0.3 is 0 Å². The van der Waals surface area contributed by atoms with Crippen LogP contribution in [0.25, 0.3) is 11.3 Å². The summed E-state index contributed by atoms with van der Waals surface area (Å²) in [6.07, 6.45) is 0. The SMILES string of the molecule is CC(C)(C)NC(=O)c1[nH]nc2c1CSc1sccc1-2. The summed E-state index contributed by atoms with van der Waals surface area (Å²) in [5, 5.41) is 12.3. The first-order valence-electron chi connectivity index (χ1n) is 6.06. The molecule has 0 atom stereocenters. The lowest BCUT2D eigenvalue weighted by atomic mass is 10.1. The third kappa shape index (κ3) is 2.30. The van der Waals surface area contributed by atoms with Gasteiger partial charge in [-0.2, -0.15) is 5.10 Å². The number of aromatic amines is 1. The molecule has 0 fully saturated rings. The van der Waals surface area contributed by atoms with Gasteiger partial charge in [-0.25, -0.2) is 0 Å². The predicted octanol–water partition coefficient (Wildman–Crippen LogP) is 3.27. The van der Waals surface area contributed by atoms with Crippen LogP contribution in [0.2, 0.25) is 0 Å². The summed E-state index contributed by atoms with van der Waals surface area (Å²) in [6, 6.07) is 2.07. The summed E-state index contributed by atoms with van der Waals surface area (Å²) in [6.45, 7) is 5.92. The molecule has 4 nitrogen and oxygen atoms in total. The van der Waals surface area contributed by atoms with Crippen molar-refractivity contribution in [2.75, 3.05) is 0 Å². The number of nitrogens with zero attached hydrogens (tertiary/aromatic N) is 1. The molecule has 6 heteroatoms. The highest BCUT2D eigenvalue weighted by atomic mass is 32.2. The van der Waals surface area contributed by atoms with Crippen LogP contribution in [0.3, 0.4) is 0 Å². The van der Waals surface area contributed by atoms with E-state index in [0.29, 0.717) is 5.69 Å². The molecule has 1 aliphatic heterocycles. The fraction of sp³-hybridized carbons (Fsp3) is 0.385. The molecule has 2 aromatic heterocycles. The van der Waals surface area contributed by atoms with Gasteiger partial charge in [0.2, 0.25) is 0 Å². The minimum atomic E-state index is -0.246. The van der Waals surface area contributed by atoms with Gasteiger partial charge in [-0.05, 0) is 32.2 Å². The third-order valence-electron chi connectivity index (χ3n) is 2.82. The van der Waals surface area contributed by atoms with Crippen molar-refractivity contribution in [1.29, 1.82) is 0 Å². The second kappa shape index (κ2) is 4.38. The number of nitrogens with one attached hydrogen (secondary N) is 2. The Labute approximate surface area is 120 Å². The third-order valence-corrected chi connectivity index (χ3v) is 5.08. The number of H-pyrrole nitrogens is 1. The number of rotatable bonds is 1. The Morgan fingerprint density at radius 2 is 2.26 bits per heavy atom. The van der Waals surface area contributed by atoms with Crippen molar-refractivity contribution in [2.24, 2.45) is 0 Å². The molecule has 3 rings (SSSR count). The Hall–Kier alpha value is -1.27. The summed E-state index contributed by atoms with van der Waals surface area (Å²) < 4.78 is 1.28. The first-order chi connectivity index (χ1) is 8.96. The Morgan fingerprint density at radius 3 is 3.00 bits per heavy atom. The van der Waals surface area contributed by atoms with Crippen LogP contribution in [0.5, 0.6) is 0 Å². The van der Waals surface area contributed by atoms with Gasteiger partial charge in [-0.1, -0.05) is 0 Å². The predicted molar refractivity (Wildman–Crippen MR) is 78.7 cm³/mol. The van der Waals surface area contributed by atoms with Gasteiger partial charge in [0.25, 0.3) is 5.91 Å². The van der Waals surface area contributed by atoms with Crippen LogP contribution in [-0.4, -0.2) is 21.6 Å². The molecule has 2 N–H and O–H groups in total. The second-order valence-electron chi connectivity index (χ2n) is 5.54. The lowest BCUT2D eigenvalue weighted by molar-refractivity contribution is 0.0913. The lowest BCUT2D eigenvalue weighted by Crippen LogP contribution is -2.41. The smallest absolute Gasteiger partial charge is 0.270 e. The number of hydrogen-bond donors (Lipinski definition) is 2. The van der Waals surface area contributed by atoms with E-state index in [9.17, 15) is 4.79 Å². The monoisotopic (exact) mass is 293 g/mol. The largest absolute Gasteiger partial charge is 0.346 e. The molecule has 19 heavy (non-hydrogen) atoms. The number of carbonyl (C=O) groups is 1. The Balaban J connectivity index is 1.98. The molecule has 0 spiro atoms. The van der Waals surface area contributed by atoms with Crippen LogP contribution in [0.4, 0.5) is 0 Å². The summed E-state index contributed by atoms with van der Waals surface area (Å²) in [4.78, 5) is 12.3. The van der Waals surface area contributed by atoms with Crippen molar-refractivity contribution in [1.82, 2.24) is 15.5 Å². The maximum absolute atomic E-state index is 12.3. The Bertz CT molecular complexity index is 637. The molecule has 0 unspecified atom stereocenters. The Morgan fingerprint density at radius 1 is 1.47 bits per heavy atom. The molecule has 0 radical (unpaired) electrons. The maximum Gasteiger partial charge on any atom is 0.270 e. The van der Waals surface area contributed by atoms with Gasteiger partial charge in [0.1, 0.15) is 5.69 Å². The van der Waals surface area contributed by atoms with E-state index in [2.05, 4.69) is 27.0 Å². The zero-order chi connectivity index (χ0) is 13.6. The lowest BCUT2D eigenvalue weighted by Gasteiger charge is -2.20. The normalized spacial score (nSPS) is 13.8. The molecular weight excluding hydrogens is 278 g/mol. The Kier molecular flexibility index (Phi) is 2.94. The zero-order valence-electron chi connectivity index (χ0n) is 11.0. The van der Waals surface area contributed by atoms with Crippen LogP contribution in [0.15, 0.2) is 15.7 Å². The van der Waals surface area contributed by atoms with E-state index >= 15 is 0 Å². The van der Waals surface area contributed by atoms with E-state index in [1.54, 1.807) is 23.1 Å². The van der Waals surface area contributed by atoms with Crippen molar-refractivity contribution < 1.29 is 4.79 Å². The van der Waals surface area contributed by atoms with Gasteiger partial charge in [-0.3, -0.25) is 9.89 Å². The molecule has 0 saturated heterocycles. The van der Waals surface area contributed by atoms with Gasteiger partial charge in [0, 0.05) is 22.4 Å². The van der Waals surface area contributed by atoms with Crippen molar-refractivity contribution in [3.05, 3.63) is 22.7 Å². The number of carbonyl (C=O) groups excluding carboxylic acids is 1. The summed E-state index contributed by atoms with van der Waals surface area (Å²) in [5.74, 6) is 0.715. The molecular formula is C13H15N3OS2. The molecule has 2 aromatic rings. The van der Waals surface area contributed by atoms with E-state index < -0.39 is 0 Å². The summed E-state index contributed by atoms with van der Waals surface area (Å²) in [5.41, 5.74) is 3.42. The highest BCUT2D eigenvalue weighted by Gasteiger charge is 2.27. The maximum atomic E-state index is 12.3. The molecule has 0 aliphatic carbocycles. The van der Waals surface area contributed by atoms with Crippen LogP contribution in [-0.2, 0) is 5.75 Å². The highest BCUT2D eigenvalue weighted by Crippen LogP contribution is 2.44. The van der Waals surface area contributed by atoms with Gasteiger partial charge in [0.05, 0.1) is 9.90 Å². The summed E-state index contributed by atoms with van der Waals surface area (Å²) >= 11 is 3.50. The van der Waals surface area contributed by atoms with Crippen molar-refractivity contribution in [2.45, 2.75) is 36.3 Å². The first-order valence-corrected chi connectivity index (χ1v) is 7.92. The molecule has 3 heterocycles. The molecule has 100 valence electrons. The number of amides is 1. The molecule has 1 amide bonds. The van der Waals surface area contributed by atoms with E-state index in [0.717, 1.165) is 22.6 Å². The topological polar surface area (TPSA) is 57.8 Å². The van der Waals surface area contributed by atoms with E-state index in [-0.39, 0.29) is 11.4 Å². The summed E-state index contributed by atoms with van der Waals surface area (Å²) in [7, 11) is 0. The molecule has 0 bridgehead atoms. The highest BCUT2D eigenvalue weighted by molar-refractivity contribution is 8.00.